The lowest BCUT2D eigenvalue weighted by Gasteiger charge is -2.71. The van der Waals surface area contributed by atoms with Crippen LogP contribution in [0.25, 0.3) is 0 Å². The first-order chi connectivity index (χ1) is 18.0. The minimum absolute atomic E-state index is 0.127. The number of carbonyl (C=O) groups is 1. The fraction of sp³-hybridized carbons (Fsp3) is 0.531. The van der Waals surface area contributed by atoms with E-state index in [1.54, 1.807) is 14.0 Å². The van der Waals surface area contributed by atoms with Crippen molar-refractivity contribution < 1.29 is 19.0 Å². The van der Waals surface area contributed by atoms with E-state index in [1.807, 2.05) is 18.2 Å². The number of methoxy groups -OCH3 is 1. The fourth-order valence-corrected chi connectivity index (χ4v) is 9.08. The van der Waals surface area contributed by atoms with Gasteiger partial charge in [-0.1, -0.05) is 48.6 Å². The SMILES string of the molecule is CO[C@]12C=C[C@@]3(CC1C(C)=O)[C@H]1Cc4ccc(OCc5ccccc5)c5c4[C@@]3(CCN1CC1CC1)[C@H]2O5. The van der Waals surface area contributed by atoms with Crippen molar-refractivity contribution in [1.29, 1.82) is 0 Å². The zero-order chi connectivity index (χ0) is 25.0. The van der Waals surface area contributed by atoms with Gasteiger partial charge in [0.1, 0.15) is 24.1 Å². The highest BCUT2D eigenvalue weighted by atomic mass is 16.6. The summed E-state index contributed by atoms with van der Waals surface area (Å²) in [7, 11) is 1.76. The lowest BCUT2D eigenvalue weighted by atomic mass is 9.37. The van der Waals surface area contributed by atoms with Crippen LogP contribution in [0.1, 0.15) is 49.3 Å². The van der Waals surface area contributed by atoms with Gasteiger partial charge in [0.25, 0.3) is 0 Å². The van der Waals surface area contributed by atoms with E-state index < -0.39 is 5.60 Å². The number of carbonyl (C=O) groups excluding carboxylic acids is 1. The Bertz CT molecular complexity index is 1320. The van der Waals surface area contributed by atoms with E-state index >= 15 is 0 Å². The summed E-state index contributed by atoms with van der Waals surface area (Å²) < 4.78 is 19.9. The molecule has 2 saturated carbocycles. The van der Waals surface area contributed by atoms with Gasteiger partial charge in [0.2, 0.25) is 0 Å². The Kier molecular flexibility index (Phi) is 4.52. The summed E-state index contributed by atoms with van der Waals surface area (Å²) in [6.07, 6.45) is 10.0. The van der Waals surface area contributed by atoms with Crippen LogP contribution in [0.4, 0.5) is 0 Å². The molecule has 192 valence electrons. The molecule has 2 heterocycles. The average molecular weight is 498 g/mol. The smallest absolute Gasteiger partial charge is 0.166 e. The summed E-state index contributed by atoms with van der Waals surface area (Å²) in [5.41, 5.74) is 2.81. The Hall–Kier alpha value is -2.63. The number of hydrogen-bond acceptors (Lipinski definition) is 5. The normalized spacial score (nSPS) is 38.3. The van der Waals surface area contributed by atoms with Crippen LogP contribution in [0, 0.1) is 17.3 Å². The van der Waals surface area contributed by atoms with Crippen molar-refractivity contribution in [1.82, 2.24) is 4.90 Å². The van der Waals surface area contributed by atoms with E-state index in [1.165, 1.54) is 30.5 Å². The molecule has 2 aliphatic heterocycles. The van der Waals surface area contributed by atoms with E-state index in [-0.39, 0.29) is 28.6 Å². The highest BCUT2D eigenvalue weighted by molar-refractivity contribution is 5.82. The van der Waals surface area contributed by atoms with Crippen LogP contribution in [0.3, 0.4) is 0 Å². The van der Waals surface area contributed by atoms with Crippen LogP contribution in [0.2, 0.25) is 0 Å². The molecule has 37 heavy (non-hydrogen) atoms. The van der Waals surface area contributed by atoms with E-state index in [2.05, 4.69) is 41.3 Å². The molecular weight excluding hydrogens is 462 g/mol. The first-order valence-electron chi connectivity index (χ1n) is 14.0. The number of ether oxygens (including phenoxy) is 3. The lowest BCUT2D eigenvalue weighted by Crippen LogP contribution is -2.79. The van der Waals surface area contributed by atoms with Crippen molar-refractivity contribution in [2.24, 2.45) is 17.3 Å². The van der Waals surface area contributed by atoms with Gasteiger partial charge in [-0.3, -0.25) is 9.69 Å². The summed E-state index contributed by atoms with van der Waals surface area (Å²) in [4.78, 5) is 16.0. The van der Waals surface area contributed by atoms with Crippen molar-refractivity contribution in [2.75, 3.05) is 20.2 Å². The maximum absolute atomic E-state index is 13.2. The summed E-state index contributed by atoms with van der Waals surface area (Å²) in [6, 6.07) is 15.1. The topological polar surface area (TPSA) is 48.0 Å². The average Bonchev–Trinajstić information content (AvgIpc) is 3.66. The molecule has 3 fully saturated rings. The molecule has 5 aliphatic carbocycles. The largest absolute Gasteiger partial charge is 0.485 e. The maximum atomic E-state index is 13.2. The monoisotopic (exact) mass is 497 g/mol. The zero-order valence-electron chi connectivity index (χ0n) is 21.7. The number of rotatable bonds is 7. The molecule has 9 rings (SSSR count). The van der Waals surface area contributed by atoms with Crippen LogP contribution < -0.4 is 9.47 Å². The number of likely N-dealkylation sites (tertiary alicyclic amines) is 1. The molecule has 5 nitrogen and oxygen atoms in total. The Balaban J connectivity index is 1.30. The fourth-order valence-electron chi connectivity index (χ4n) is 9.08. The molecule has 0 radical (unpaired) electrons. The number of nitrogens with zero attached hydrogens (tertiary/aromatic N) is 1. The zero-order valence-corrected chi connectivity index (χ0v) is 21.7. The van der Waals surface area contributed by atoms with Crippen molar-refractivity contribution >= 4 is 5.78 Å². The summed E-state index contributed by atoms with van der Waals surface area (Å²) in [5, 5.41) is 0. The first kappa shape index (κ1) is 22.4. The lowest BCUT2D eigenvalue weighted by molar-refractivity contribution is -0.214. The van der Waals surface area contributed by atoms with Crippen molar-refractivity contribution in [3.8, 4) is 11.5 Å². The second-order valence-electron chi connectivity index (χ2n) is 12.4. The van der Waals surface area contributed by atoms with Gasteiger partial charge in [0.05, 0.1) is 11.3 Å². The van der Waals surface area contributed by atoms with Gasteiger partial charge in [-0.05, 0) is 68.7 Å². The number of benzene rings is 2. The van der Waals surface area contributed by atoms with Gasteiger partial charge in [0, 0.05) is 30.7 Å². The summed E-state index contributed by atoms with van der Waals surface area (Å²) >= 11 is 0. The molecule has 4 bridgehead atoms. The first-order valence-corrected chi connectivity index (χ1v) is 14.0. The minimum atomic E-state index is -0.749. The second-order valence-corrected chi connectivity index (χ2v) is 12.4. The standard InChI is InChI=1S/C32H35NO4/c1-20(34)24-17-30-12-13-32(24,35-2)29-31(30)14-15-33(18-21-8-9-21)26(30)16-23-10-11-25(28(37-29)27(23)31)36-19-22-6-4-3-5-7-22/h3-7,10-13,21,24,26,29H,8-9,14-19H2,1-2H3/t24?,26-,29-,30-,31+,32-/m1/s1. The molecule has 1 saturated heterocycles. The van der Waals surface area contributed by atoms with Crippen LogP contribution in [0.5, 0.6) is 11.5 Å². The number of Topliss-reactive ketones (excluding diaryl/α,β-unsaturated/α-hetero) is 1. The Morgan fingerprint density at radius 1 is 1.14 bits per heavy atom. The van der Waals surface area contributed by atoms with Crippen LogP contribution in [0.15, 0.2) is 54.6 Å². The third-order valence-electron chi connectivity index (χ3n) is 10.8. The predicted octanol–water partition coefficient (Wildman–Crippen LogP) is 4.86. The second kappa shape index (κ2) is 7.48. The van der Waals surface area contributed by atoms with Gasteiger partial charge in [0.15, 0.2) is 11.5 Å². The van der Waals surface area contributed by atoms with Crippen molar-refractivity contribution in [3.05, 3.63) is 71.3 Å². The van der Waals surface area contributed by atoms with Gasteiger partial charge in [-0.25, -0.2) is 0 Å². The molecule has 5 heteroatoms. The van der Waals surface area contributed by atoms with Crippen LogP contribution in [-0.4, -0.2) is 48.6 Å². The highest BCUT2D eigenvalue weighted by Gasteiger charge is 2.79. The third-order valence-corrected chi connectivity index (χ3v) is 10.8. The predicted molar refractivity (Wildman–Crippen MR) is 140 cm³/mol. The molecule has 0 amide bonds. The summed E-state index contributed by atoms with van der Waals surface area (Å²) in [5.74, 6) is 2.55. The molecule has 6 atom stereocenters. The van der Waals surface area contributed by atoms with Crippen molar-refractivity contribution in [2.45, 2.75) is 68.8 Å². The van der Waals surface area contributed by atoms with E-state index in [4.69, 9.17) is 14.2 Å². The van der Waals surface area contributed by atoms with Crippen LogP contribution in [-0.2, 0) is 28.0 Å². The molecule has 0 N–H and O–H groups in total. The molecular formula is C32H35NO4. The third kappa shape index (κ3) is 2.70. The quantitative estimate of drug-likeness (QED) is 0.512. The molecule has 2 aromatic rings. The summed E-state index contributed by atoms with van der Waals surface area (Å²) in [6.45, 7) is 4.50. The molecule has 2 aromatic carbocycles. The van der Waals surface area contributed by atoms with Gasteiger partial charge < -0.3 is 14.2 Å². The Morgan fingerprint density at radius 3 is 2.73 bits per heavy atom. The Morgan fingerprint density at radius 2 is 1.97 bits per heavy atom. The molecule has 1 unspecified atom stereocenters. The number of piperidine rings is 1. The van der Waals surface area contributed by atoms with E-state index in [0.717, 1.165) is 48.8 Å². The Labute approximate surface area is 218 Å². The molecule has 2 spiro atoms. The number of hydrogen-bond donors (Lipinski definition) is 0. The minimum Gasteiger partial charge on any atom is -0.485 e. The molecule has 0 aromatic heterocycles. The number of ketones is 1. The van der Waals surface area contributed by atoms with Gasteiger partial charge in [-0.2, -0.15) is 0 Å². The van der Waals surface area contributed by atoms with E-state index in [0.29, 0.717) is 12.6 Å². The maximum Gasteiger partial charge on any atom is 0.166 e. The van der Waals surface area contributed by atoms with Crippen molar-refractivity contribution in [3.63, 3.8) is 0 Å². The van der Waals surface area contributed by atoms with Gasteiger partial charge >= 0.3 is 0 Å². The number of fused-ring (bicyclic) bond motifs is 1. The molecule has 7 aliphatic rings. The van der Waals surface area contributed by atoms with E-state index in [9.17, 15) is 4.79 Å². The highest BCUT2D eigenvalue weighted by Crippen LogP contribution is 2.74. The van der Waals surface area contributed by atoms with Crippen LogP contribution >= 0.6 is 0 Å². The van der Waals surface area contributed by atoms with Gasteiger partial charge in [-0.15, -0.1) is 0 Å².